The molecule has 0 radical (unpaired) electrons. The maximum atomic E-state index is 4.83. The molecule has 1 aromatic heterocycles. The molecule has 0 aliphatic rings. The molecule has 0 unspecified atom stereocenters. The second-order valence-corrected chi connectivity index (χ2v) is 7.90. The molecule has 0 aliphatic carbocycles. The summed E-state index contributed by atoms with van der Waals surface area (Å²) in [5, 5.41) is 3.47. The van der Waals surface area contributed by atoms with Gasteiger partial charge in [-0.25, -0.2) is 0 Å². The summed E-state index contributed by atoms with van der Waals surface area (Å²) >= 11 is 0. The molecule has 0 saturated carbocycles. The van der Waals surface area contributed by atoms with Crippen molar-refractivity contribution in [3.8, 4) is 0 Å². The quantitative estimate of drug-likeness (QED) is 0.692. The van der Waals surface area contributed by atoms with Gasteiger partial charge in [-0.3, -0.25) is 0 Å². The molecule has 0 fully saturated rings. The molecule has 1 rings (SSSR count). The van der Waals surface area contributed by atoms with Crippen LogP contribution in [0.5, 0.6) is 0 Å². The number of hydrogen-bond acceptors (Lipinski definition) is 1. The Morgan fingerprint density at radius 2 is 1.29 bits per heavy atom. The Hall–Kier alpha value is -0.860. The Kier molecular flexibility index (Phi) is 3.19. The molecule has 1 heterocycles. The Labute approximate surface area is 106 Å². The highest BCUT2D eigenvalue weighted by molar-refractivity contribution is 5.04. The predicted molar refractivity (Wildman–Crippen MR) is 71.2 cm³/mol. The summed E-state index contributed by atoms with van der Waals surface area (Å²) in [6.07, 6.45) is 0. The number of H-pyrrole nitrogens is 1. The maximum Gasteiger partial charge on any atom is 0.325 e. The zero-order valence-electron chi connectivity index (χ0n) is 12.9. The van der Waals surface area contributed by atoms with Crippen LogP contribution in [0.25, 0.3) is 0 Å². The minimum absolute atomic E-state index is 0.0269. The molecule has 1 aromatic rings. The van der Waals surface area contributed by atoms with E-state index in [0.717, 1.165) is 11.6 Å². The third-order valence-corrected chi connectivity index (χ3v) is 2.70. The lowest BCUT2D eigenvalue weighted by molar-refractivity contribution is -0.812. The summed E-state index contributed by atoms with van der Waals surface area (Å²) in [6, 6.07) is 0. The van der Waals surface area contributed by atoms with Crippen molar-refractivity contribution in [1.29, 1.82) is 0 Å². The van der Waals surface area contributed by atoms with Crippen molar-refractivity contribution < 1.29 is 4.68 Å². The van der Waals surface area contributed by atoms with Crippen molar-refractivity contribution >= 4 is 0 Å². The molecule has 1 N–H and O–H groups in total. The van der Waals surface area contributed by atoms with Crippen molar-refractivity contribution in [3.05, 3.63) is 11.6 Å². The molecule has 0 atom stereocenters. The van der Waals surface area contributed by atoms with Crippen LogP contribution in [0.2, 0.25) is 0 Å². The van der Waals surface area contributed by atoms with Gasteiger partial charge in [0.2, 0.25) is 0 Å². The molecule has 0 amide bonds. The van der Waals surface area contributed by atoms with Crippen molar-refractivity contribution in [2.45, 2.75) is 78.7 Å². The first-order chi connectivity index (χ1) is 7.33. The molecule has 17 heavy (non-hydrogen) atoms. The summed E-state index contributed by atoms with van der Waals surface area (Å²) in [7, 11) is 0. The average Bonchev–Trinajstić information content (AvgIpc) is 2.42. The van der Waals surface area contributed by atoms with Crippen LogP contribution < -0.4 is 4.68 Å². The van der Waals surface area contributed by atoms with Gasteiger partial charge in [0, 0.05) is 5.41 Å². The minimum Gasteiger partial charge on any atom is -0.190 e. The number of aromatic amines is 1. The Morgan fingerprint density at radius 3 is 1.53 bits per heavy atom. The van der Waals surface area contributed by atoms with E-state index in [1.807, 2.05) is 0 Å². The zero-order valence-corrected chi connectivity index (χ0v) is 12.9. The van der Waals surface area contributed by atoms with E-state index < -0.39 is 0 Å². The summed E-state index contributed by atoms with van der Waals surface area (Å²) in [5.74, 6) is 2.17. The first-order valence-electron chi connectivity index (χ1n) is 6.37. The molecule has 0 saturated heterocycles. The van der Waals surface area contributed by atoms with Crippen LogP contribution >= 0.6 is 0 Å². The topological polar surface area (TPSA) is 32.6 Å². The maximum absolute atomic E-state index is 4.83. The first kappa shape index (κ1) is 14.2. The zero-order chi connectivity index (χ0) is 13.6. The van der Waals surface area contributed by atoms with Crippen molar-refractivity contribution in [1.82, 2.24) is 10.1 Å². The summed E-state index contributed by atoms with van der Waals surface area (Å²) < 4.78 is 2.20. The summed E-state index contributed by atoms with van der Waals surface area (Å²) in [4.78, 5) is 4.83. The molecular weight excluding hydrogens is 210 g/mol. The highest BCUT2D eigenvalue weighted by Crippen LogP contribution is 2.24. The van der Waals surface area contributed by atoms with E-state index in [2.05, 4.69) is 72.1 Å². The van der Waals surface area contributed by atoms with Gasteiger partial charge in [-0.05, 0) is 46.5 Å². The van der Waals surface area contributed by atoms with E-state index in [1.54, 1.807) is 0 Å². The van der Waals surface area contributed by atoms with Gasteiger partial charge >= 0.3 is 5.82 Å². The lowest BCUT2D eigenvalue weighted by Crippen LogP contribution is -2.57. The summed E-state index contributed by atoms with van der Waals surface area (Å²) in [5.41, 5.74) is 0.128. The molecule has 98 valence electrons. The van der Waals surface area contributed by atoms with Crippen LogP contribution in [0.4, 0.5) is 0 Å². The SMILES string of the molecule is CC(C)(C)c1nc(C(C)(C)C)[n+](C(C)(C)C)[nH]1. The fourth-order valence-electron chi connectivity index (χ4n) is 1.66. The minimum atomic E-state index is 0.0269. The molecule has 0 aliphatic heterocycles. The summed E-state index contributed by atoms with van der Waals surface area (Å²) in [6.45, 7) is 19.8. The molecule has 0 aromatic carbocycles. The van der Waals surface area contributed by atoms with Gasteiger partial charge in [-0.1, -0.05) is 20.8 Å². The van der Waals surface area contributed by atoms with Gasteiger partial charge in [0.15, 0.2) is 0 Å². The van der Waals surface area contributed by atoms with Crippen LogP contribution in [0.1, 0.15) is 74.0 Å². The average molecular weight is 238 g/mol. The van der Waals surface area contributed by atoms with E-state index >= 15 is 0 Å². The number of nitrogens with one attached hydrogen (secondary N) is 1. The molecule has 3 nitrogen and oxygen atoms in total. The van der Waals surface area contributed by atoms with Gasteiger partial charge in [-0.15, -0.1) is 0 Å². The standard InChI is InChI=1S/C14H27N3/c1-12(2,3)10-15-11(13(4,5)6)17(16-10)14(7,8)9/h1-9H3/p+1. The van der Waals surface area contributed by atoms with E-state index in [1.165, 1.54) is 0 Å². The fraction of sp³-hybridized carbons (Fsp3) is 0.857. The largest absolute Gasteiger partial charge is 0.325 e. The second-order valence-electron chi connectivity index (χ2n) is 7.90. The Bertz CT molecular complexity index is 363. The van der Waals surface area contributed by atoms with Gasteiger partial charge in [-0.2, -0.15) is 9.78 Å². The second kappa shape index (κ2) is 3.82. The third kappa shape index (κ3) is 3.08. The van der Waals surface area contributed by atoms with Crippen LogP contribution in [0.15, 0.2) is 0 Å². The van der Waals surface area contributed by atoms with Crippen molar-refractivity contribution in [2.75, 3.05) is 0 Å². The Morgan fingerprint density at radius 1 is 0.824 bits per heavy atom. The molecular formula is C14H28N3+. The van der Waals surface area contributed by atoms with Crippen LogP contribution in [-0.2, 0) is 16.4 Å². The van der Waals surface area contributed by atoms with E-state index in [-0.39, 0.29) is 16.4 Å². The highest BCUT2D eigenvalue weighted by Gasteiger charge is 2.39. The molecule has 0 bridgehead atoms. The van der Waals surface area contributed by atoms with Gasteiger partial charge in [0.1, 0.15) is 5.54 Å². The number of aromatic nitrogens is 3. The lowest BCUT2D eigenvalue weighted by Gasteiger charge is -2.19. The van der Waals surface area contributed by atoms with Gasteiger partial charge < -0.3 is 0 Å². The predicted octanol–water partition coefficient (Wildman–Crippen LogP) is 3.05. The normalized spacial score (nSPS) is 14.2. The highest BCUT2D eigenvalue weighted by atomic mass is 15.4. The van der Waals surface area contributed by atoms with Crippen molar-refractivity contribution in [2.24, 2.45) is 0 Å². The number of rotatable bonds is 0. The smallest absolute Gasteiger partial charge is 0.190 e. The van der Waals surface area contributed by atoms with Crippen LogP contribution in [0, 0.1) is 0 Å². The van der Waals surface area contributed by atoms with Crippen LogP contribution in [0.3, 0.4) is 0 Å². The number of nitrogens with zero attached hydrogens (tertiary/aromatic N) is 2. The lowest BCUT2D eigenvalue weighted by atomic mass is 9.93. The van der Waals surface area contributed by atoms with E-state index in [0.29, 0.717) is 0 Å². The molecule has 3 heteroatoms. The Balaban J connectivity index is 3.44. The third-order valence-electron chi connectivity index (χ3n) is 2.70. The van der Waals surface area contributed by atoms with E-state index in [9.17, 15) is 0 Å². The number of hydrogen-bond donors (Lipinski definition) is 1. The first-order valence-corrected chi connectivity index (χ1v) is 6.37. The van der Waals surface area contributed by atoms with E-state index in [4.69, 9.17) is 4.98 Å². The monoisotopic (exact) mass is 238 g/mol. The molecule has 0 spiro atoms. The van der Waals surface area contributed by atoms with Crippen molar-refractivity contribution in [3.63, 3.8) is 0 Å². The van der Waals surface area contributed by atoms with Crippen LogP contribution in [-0.4, -0.2) is 10.1 Å². The van der Waals surface area contributed by atoms with Gasteiger partial charge in [0.25, 0.3) is 5.82 Å². The fourth-order valence-corrected chi connectivity index (χ4v) is 1.66. The van der Waals surface area contributed by atoms with Gasteiger partial charge in [0.05, 0.1) is 5.41 Å².